The summed E-state index contributed by atoms with van der Waals surface area (Å²) in [6.07, 6.45) is 1.88. The van der Waals surface area contributed by atoms with Crippen molar-refractivity contribution in [1.29, 1.82) is 0 Å². The van der Waals surface area contributed by atoms with Gasteiger partial charge in [-0.05, 0) is 0 Å². The molecule has 0 aliphatic rings. The Morgan fingerprint density at radius 1 is 1.00 bits per heavy atom. The van der Waals surface area contributed by atoms with E-state index in [4.69, 9.17) is 0 Å². The third-order valence-electron chi connectivity index (χ3n) is 0.761. The number of hydroxylamine groups is 2. The standard InChI is InChI=1S/C6H10N2O4/c1-7-11-5(9)3-4-6(10)12-8-2/h3-4,7-8H,1-2H3/b4-3-. The summed E-state index contributed by atoms with van der Waals surface area (Å²) < 4.78 is 0. The molecule has 0 aliphatic heterocycles. The van der Waals surface area contributed by atoms with Gasteiger partial charge in [0.1, 0.15) is 0 Å². The van der Waals surface area contributed by atoms with Gasteiger partial charge >= 0.3 is 11.9 Å². The van der Waals surface area contributed by atoms with E-state index in [1.54, 1.807) is 0 Å². The van der Waals surface area contributed by atoms with Crippen LogP contribution in [0.25, 0.3) is 0 Å². The monoisotopic (exact) mass is 174 g/mol. The van der Waals surface area contributed by atoms with Gasteiger partial charge in [0.2, 0.25) is 0 Å². The average Bonchev–Trinajstić information content (AvgIpc) is 2.02. The predicted octanol–water partition coefficient (Wildman–Crippen LogP) is -1.10. The molecule has 0 rings (SSSR count). The Balaban J connectivity index is 3.73. The lowest BCUT2D eigenvalue weighted by molar-refractivity contribution is -0.146. The number of rotatable bonds is 4. The number of hydrogen-bond acceptors (Lipinski definition) is 6. The van der Waals surface area contributed by atoms with Crippen molar-refractivity contribution in [2.45, 2.75) is 0 Å². The van der Waals surface area contributed by atoms with Crippen LogP contribution in [-0.4, -0.2) is 26.0 Å². The zero-order valence-corrected chi connectivity index (χ0v) is 6.79. The Morgan fingerprint density at radius 2 is 1.33 bits per heavy atom. The van der Waals surface area contributed by atoms with Gasteiger partial charge in [-0.2, -0.15) is 11.0 Å². The van der Waals surface area contributed by atoms with E-state index in [0.717, 1.165) is 12.2 Å². The first-order valence-electron chi connectivity index (χ1n) is 3.14. The largest absolute Gasteiger partial charge is 0.367 e. The first kappa shape index (κ1) is 10.6. The Kier molecular flexibility index (Phi) is 5.58. The summed E-state index contributed by atoms with van der Waals surface area (Å²) in [5.74, 6) is -1.35. The summed E-state index contributed by atoms with van der Waals surface area (Å²) in [5, 5.41) is 0. The molecule has 0 radical (unpaired) electrons. The van der Waals surface area contributed by atoms with Gasteiger partial charge in [0.05, 0.1) is 0 Å². The number of nitrogens with one attached hydrogen (secondary N) is 2. The Labute approximate surface area is 69.4 Å². The molecular weight excluding hydrogens is 164 g/mol. The second-order valence-corrected chi connectivity index (χ2v) is 1.58. The summed E-state index contributed by atoms with van der Waals surface area (Å²) in [6, 6.07) is 0. The molecule has 0 saturated heterocycles. The molecule has 0 aromatic heterocycles. The molecular formula is C6H10N2O4. The first-order chi connectivity index (χ1) is 5.70. The number of carbonyl (C=O) groups is 2. The zero-order chi connectivity index (χ0) is 9.40. The lowest BCUT2D eigenvalue weighted by Gasteiger charge is -1.95. The third-order valence-corrected chi connectivity index (χ3v) is 0.761. The third kappa shape index (κ3) is 5.39. The molecule has 0 unspecified atom stereocenters. The van der Waals surface area contributed by atoms with Crippen molar-refractivity contribution in [3.05, 3.63) is 12.2 Å². The fourth-order valence-electron chi connectivity index (χ4n) is 0.405. The molecule has 68 valence electrons. The van der Waals surface area contributed by atoms with Crippen LogP contribution in [0.4, 0.5) is 0 Å². The van der Waals surface area contributed by atoms with E-state index in [1.807, 2.05) is 0 Å². The van der Waals surface area contributed by atoms with Crippen molar-refractivity contribution in [3.63, 3.8) is 0 Å². The summed E-state index contributed by atoms with van der Waals surface area (Å²) >= 11 is 0. The first-order valence-corrected chi connectivity index (χ1v) is 3.14. The number of carbonyl (C=O) groups excluding carboxylic acids is 2. The van der Waals surface area contributed by atoms with E-state index in [-0.39, 0.29) is 0 Å². The highest BCUT2D eigenvalue weighted by Crippen LogP contribution is 1.80. The Bertz CT molecular complexity index is 170. The topological polar surface area (TPSA) is 76.7 Å². The van der Waals surface area contributed by atoms with Gasteiger partial charge in [-0.3, -0.25) is 0 Å². The molecule has 0 aliphatic carbocycles. The van der Waals surface area contributed by atoms with Gasteiger partial charge in [0.25, 0.3) is 0 Å². The molecule has 0 fully saturated rings. The van der Waals surface area contributed by atoms with E-state index in [1.165, 1.54) is 14.1 Å². The summed E-state index contributed by atoms with van der Waals surface area (Å²) in [7, 11) is 2.86. The lowest BCUT2D eigenvalue weighted by atomic mass is 10.5. The van der Waals surface area contributed by atoms with E-state index < -0.39 is 11.9 Å². The molecule has 0 amide bonds. The van der Waals surface area contributed by atoms with Gasteiger partial charge < -0.3 is 9.68 Å². The van der Waals surface area contributed by atoms with E-state index >= 15 is 0 Å². The molecule has 6 nitrogen and oxygen atoms in total. The van der Waals surface area contributed by atoms with Crippen LogP contribution >= 0.6 is 0 Å². The van der Waals surface area contributed by atoms with Crippen LogP contribution in [0, 0.1) is 0 Å². The van der Waals surface area contributed by atoms with E-state index in [9.17, 15) is 9.59 Å². The molecule has 6 heteroatoms. The smallest absolute Gasteiger partial charge is 0.349 e. The van der Waals surface area contributed by atoms with Crippen LogP contribution in [0.15, 0.2) is 12.2 Å². The molecule has 0 spiro atoms. The quantitative estimate of drug-likeness (QED) is 0.416. The van der Waals surface area contributed by atoms with Gasteiger partial charge in [-0.25, -0.2) is 9.59 Å². The minimum Gasteiger partial charge on any atom is -0.367 e. The molecule has 0 heterocycles. The highest BCUT2D eigenvalue weighted by molar-refractivity contribution is 5.91. The number of hydrogen-bond donors (Lipinski definition) is 2. The van der Waals surface area contributed by atoms with E-state index in [2.05, 4.69) is 20.6 Å². The van der Waals surface area contributed by atoms with Crippen molar-refractivity contribution in [2.75, 3.05) is 14.1 Å². The minimum absolute atomic E-state index is 0.675. The second kappa shape index (κ2) is 6.32. The average molecular weight is 174 g/mol. The van der Waals surface area contributed by atoms with Crippen molar-refractivity contribution in [1.82, 2.24) is 11.0 Å². The molecule has 0 saturated carbocycles. The highest BCUT2D eigenvalue weighted by Gasteiger charge is 1.98. The normalized spacial score (nSPS) is 9.83. The van der Waals surface area contributed by atoms with Crippen LogP contribution in [0.2, 0.25) is 0 Å². The van der Waals surface area contributed by atoms with Gasteiger partial charge in [0, 0.05) is 26.2 Å². The Hall–Kier alpha value is -1.40. The lowest BCUT2D eigenvalue weighted by Crippen LogP contribution is -2.15. The fourth-order valence-corrected chi connectivity index (χ4v) is 0.405. The van der Waals surface area contributed by atoms with Crippen molar-refractivity contribution >= 4 is 11.9 Å². The predicted molar refractivity (Wildman–Crippen MR) is 39.4 cm³/mol. The SMILES string of the molecule is CNOC(=O)/C=C\C(=O)ONC. The highest BCUT2D eigenvalue weighted by atomic mass is 16.7. The van der Waals surface area contributed by atoms with Gasteiger partial charge in [0.15, 0.2) is 0 Å². The summed E-state index contributed by atoms with van der Waals surface area (Å²) in [6.45, 7) is 0. The molecule has 2 N–H and O–H groups in total. The molecule has 0 atom stereocenters. The Morgan fingerprint density at radius 3 is 1.58 bits per heavy atom. The molecule has 0 bridgehead atoms. The maximum absolute atomic E-state index is 10.6. The van der Waals surface area contributed by atoms with Gasteiger partial charge in [-0.1, -0.05) is 0 Å². The molecule has 12 heavy (non-hydrogen) atoms. The summed E-state index contributed by atoms with van der Waals surface area (Å²) in [5.41, 5.74) is 4.31. The zero-order valence-electron chi connectivity index (χ0n) is 6.79. The van der Waals surface area contributed by atoms with Gasteiger partial charge in [-0.15, -0.1) is 0 Å². The van der Waals surface area contributed by atoms with Crippen molar-refractivity contribution < 1.29 is 19.3 Å². The maximum Gasteiger partial charge on any atom is 0.349 e. The van der Waals surface area contributed by atoms with Crippen LogP contribution in [-0.2, 0) is 19.3 Å². The second-order valence-electron chi connectivity index (χ2n) is 1.58. The van der Waals surface area contributed by atoms with Crippen LogP contribution in [0.3, 0.4) is 0 Å². The van der Waals surface area contributed by atoms with Crippen LogP contribution in [0.1, 0.15) is 0 Å². The maximum atomic E-state index is 10.6. The fraction of sp³-hybridized carbons (Fsp3) is 0.333. The minimum atomic E-state index is -0.675. The van der Waals surface area contributed by atoms with Crippen LogP contribution in [0.5, 0.6) is 0 Å². The molecule has 0 aromatic carbocycles. The summed E-state index contributed by atoms with van der Waals surface area (Å²) in [4.78, 5) is 29.6. The van der Waals surface area contributed by atoms with Crippen molar-refractivity contribution in [3.8, 4) is 0 Å². The van der Waals surface area contributed by atoms with Crippen LogP contribution < -0.4 is 11.0 Å². The molecule has 0 aromatic rings. The van der Waals surface area contributed by atoms with Crippen molar-refractivity contribution in [2.24, 2.45) is 0 Å². The van der Waals surface area contributed by atoms with E-state index in [0.29, 0.717) is 0 Å².